The third-order valence-corrected chi connectivity index (χ3v) is 6.28. The number of methoxy groups -OCH3 is 1. The Bertz CT molecular complexity index is 1300. The molecule has 2 aromatic carbocycles. The summed E-state index contributed by atoms with van der Waals surface area (Å²) in [6.45, 7) is 1.91. The fraction of sp³-hybridized carbons (Fsp3) is 0.200. The maximum atomic E-state index is 12.6. The van der Waals surface area contributed by atoms with Gasteiger partial charge in [0.1, 0.15) is 10.8 Å². The van der Waals surface area contributed by atoms with Gasteiger partial charge >= 0.3 is 0 Å². The highest BCUT2D eigenvalue weighted by Crippen LogP contribution is 2.39. The van der Waals surface area contributed by atoms with Crippen molar-refractivity contribution in [2.24, 2.45) is 5.73 Å². The molecule has 4 aromatic rings. The molecule has 0 spiro atoms. The van der Waals surface area contributed by atoms with Crippen molar-refractivity contribution >= 4 is 28.2 Å². The highest BCUT2D eigenvalue weighted by Gasteiger charge is 2.22. The molecule has 174 valence electrons. The predicted octanol–water partition coefficient (Wildman–Crippen LogP) is 4.84. The number of aryl methyl sites for hydroxylation is 2. The van der Waals surface area contributed by atoms with Gasteiger partial charge in [0.25, 0.3) is 5.91 Å². The van der Waals surface area contributed by atoms with Crippen LogP contribution in [0.15, 0.2) is 59.1 Å². The number of carbonyl (C=O) groups excluding carboxylic acids is 2. The first kappa shape index (κ1) is 23.2. The van der Waals surface area contributed by atoms with Crippen molar-refractivity contribution in [3.8, 4) is 28.3 Å². The number of aromatic nitrogens is 2. The molecular formula is C25H24N4O4S. The number of anilines is 1. The molecular weight excluding hydrogens is 452 g/mol. The van der Waals surface area contributed by atoms with Gasteiger partial charge in [-0.3, -0.25) is 9.59 Å². The summed E-state index contributed by atoms with van der Waals surface area (Å²) in [4.78, 5) is 30.1. The Balaban J connectivity index is 1.38. The van der Waals surface area contributed by atoms with E-state index in [0.717, 1.165) is 27.3 Å². The van der Waals surface area contributed by atoms with Crippen LogP contribution in [0.2, 0.25) is 0 Å². The number of thiophene rings is 1. The quantitative estimate of drug-likeness (QED) is 0.357. The van der Waals surface area contributed by atoms with Crippen molar-refractivity contribution < 1.29 is 18.8 Å². The van der Waals surface area contributed by atoms with E-state index in [1.807, 2.05) is 61.5 Å². The minimum atomic E-state index is -0.574. The van der Waals surface area contributed by atoms with Gasteiger partial charge in [-0.25, -0.2) is 0 Å². The third kappa shape index (κ3) is 5.15. The van der Waals surface area contributed by atoms with Crippen LogP contribution in [-0.4, -0.2) is 29.1 Å². The molecule has 0 fully saturated rings. The summed E-state index contributed by atoms with van der Waals surface area (Å²) in [6, 6.07) is 16.9. The van der Waals surface area contributed by atoms with E-state index >= 15 is 0 Å². The van der Waals surface area contributed by atoms with Crippen LogP contribution in [0.4, 0.5) is 5.00 Å². The van der Waals surface area contributed by atoms with Gasteiger partial charge in [-0.15, -0.1) is 11.3 Å². The number of nitrogens with zero attached hydrogens (tertiary/aromatic N) is 2. The van der Waals surface area contributed by atoms with Crippen LogP contribution in [0.3, 0.4) is 0 Å². The summed E-state index contributed by atoms with van der Waals surface area (Å²) in [5.74, 6) is 0.897. The zero-order valence-corrected chi connectivity index (χ0v) is 19.6. The average molecular weight is 477 g/mol. The molecule has 0 saturated carbocycles. The first-order chi connectivity index (χ1) is 16.5. The normalized spacial score (nSPS) is 10.8. The predicted molar refractivity (Wildman–Crippen MR) is 131 cm³/mol. The summed E-state index contributed by atoms with van der Waals surface area (Å²) in [7, 11) is 1.61. The van der Waals surface area contributed by atoms with Gasteiger partial charge < -0.3 is 20.3 Å². The maximum Gasteiger partial charge on any atom is 0.252 e. The van der Waals surface area contributed by atoms with E-state index in [4.69, 9.17) is 15.0 Å². The van der Waals surface area contributed by atoms with Gasteiger partial charge in [0.15, 0.2) is 0 Å². The first-order valence-corrected chi connectivity index (χ1v) is 11.5. The number of hydrogen-bond donors (Lipinski definition) is 2. The molecule has 2 heterocycles. The van der Waals surface area contributed by atoms with Crippen molar-refractivity contribution in [2.75, 3.05) is 12.4 Å². The molecule has 0 aliphatic rings. The summed E-state index contributed by atoms with van der Waals surface area (Å²) in [6.07, 6.45) is 1.20. The number of carbonyl (C=O) groups is 2. The Kier molecular flexibility index (Phi) is 7.03. The SMILES string of the molecule is COc1ccc(-c2noc(CCCC(=O)Nc3sc(C)c(-c4ccccc4)c3C(N)=O)n2)cc1. The lowest BCUT2D eigenvalue weighted by atomic mass is 10.0. The number of nitrogens with one attached hydrogen (secondary N) is 1. The average Bonchev–Trinajstić information content (AvgIpc) is 3.44. The highest BCUT2D eigenvalue weighted by atomic mass is 32.1. The minimum absolute atomic E-state index is 0.210. The number of rotatable bonds is 9. The zero-order chi connectivity index (χ0) is 24.1. The third-order valence-electron chi connectivity index (χ3n) is 5.26. The molecule has 34 heavy (non-hydrogen) atoms. The van der Waals surface area contributed by atoms with Crippen LogP contribution in [0, 0.1) is 6.92 Å². The van der Waals surface area contributed by atoms with Gasteiger partial charge in [0.2, 0.25) is 17.6 Å². The molecule has 3 N–H and O–H groups in total. The van der Waals surface area contributed by atoms with Crippen molar-refractivity contribution in [2.45, 2.75) is 26.2 Å². The smallest absolute Gasteiger partial charge is 0.252 e. The van der Waals surface area contributed by atoms with Gasteiger partial charge in [0, 0.05) is 28.8 Å². The molecule has 0 aliphatic heterocycles. The van der Waals surface area contributed by atoms with E-state index in [0.29, 0.717) is 35.1 Å². The number of amides is 2. The van der Waals surface area contributed by atoms with Crippen LogP contribution in [-0.2, 0) is 11.2 Å². The molecule has 0 atom stereocenters. The lowest BCUT2D eigenvalue weighted by Gasteiger charge is -2.06. The maximum absolute atomic E-state index is 12.6. The topological polar surface area (TPSA) is 120 Å². The molecule has 9 heteroatoms. The van der Waals surface area contributed by atoms with Gasteiger partial charge in [-0.05, 0) is 43.2 Å². The molecule has 2 amide bonds. The summed E-state index contributed by atoms with van der Waals surface area (Å²) >= 11 is 1.34. The Morgan fingerprint density at radius 2 is 1.82 bits per heavy atom. The Hall–Kier alpha value is -3.98. The van der Waals surface area contributed by atoms with Crippen LogP contribution >= 0.6 is 11.3 Å². The Morgan fingerprint density at radius 3 is 2.50 bits per heavy atom. The van der Waals surface area contributed by atoms with E-state index in [2.05, 4.69) is 15.5 Å². The van der Waals surface area contributed by atoms with Crippen molar-refractivity contribution in [1.82, 2.24) is 10.1 Å². The monoisotopic (exact) mass is 476 g/mol. The second kappa shape index (κ2) is 10.3. The number of primary amides is 1. The van der Waals surface area contributed by atoms with Crippen LogP contribution in [0.1, 0.15) is 34.0 Å². The number of hydrogen-bond acceptors (Lipinski definition) is 7. The van der Waals surface area contributed by atoms with Crippen LogP contribution in [0.5, 0.6) is 5.75 Å². The molecule has 4 rings (SSSR count). The van der Waals surface area contributed by atoms with E-state index in [-0.39, 0.29) is 12.3 Å². The van der Waals surface area contributed by atoms with Crippen LogP contribution in [0.25, 0.3) is 22.5 Å². The second-order valence-electron chi connectivity index (χ2n) is 7.61. The highest BCUT2D eigenvalue weighted by molar-refractivity contribution is 7.17. The lowest BCUT2D eigenvalue weighted by molar-refractivity contribution is -0.116. The van der Waals surface area contributed by atoms with Crippen molar-refractivity contribution in [3.05, 3.63) is 70.9 Å². The largest absolute Gasteiger partial charge is 0.497 e. The molecule has 0 bridgehead atoms. The van der Waals surface area contributed by atoms with E-state index in [1.54, 1.807) is 7.11 Å². The molecule has 2 aromatic heterocycles. The first-order valence-electron chi connectivity index (χ1n) is 10.7. The van der Waals surface area contributed by atoms with Crippen molar-refractivity contribution in [1.29, 1.82) is 0 Å². The summed E-state index contributed by atoms with van der Waals surface area (Å²) in [5, 5.41) is 7.32. The fourth-order valence-corrected chi connectivity index (χ4v) is 4.72. The molecule has 0 radical (unpaired) electrons. The summed E-state index contributed by atoms with van der Waals surface area (Å²) in [5.41, 5.74) is 8.46. The fourth-order valence-electron chi connectivity index (χ4n) is 3.62. The number of benzene rings is 2. The lowest BCUT2D eigenvalue weighted by Crippen LogP contribution is -2.17. The van der Waals surface area contributed by atoms with Crippen molar-refractivity contribution in [3.63, 3.8) is 0 Å². The van der Waals surface area contributed by atoms with Crippen LogP contribution < -0.4 is 15.8 Å². The number of nitrogens with two attached hydrogens (primary N) is 1. The van der Waals surface area contributed by atoms with Gasteiger partial charge in [0.05, 0.1) is 12.7 Å². The van der Waals surface area contributed by atoms with Gasteiger partial charge in [-0.2, -0.15) is 4.98 Å². The Labute approximate surface area is 200 Å². The Morgan fingerprint density at radius 1 is 1.09 bits per heavy atom. The van der Waals surface area contributed by atoms with Gasteiger partial charge in [-0.1, -0.05) is 35.5 Å². The second-order valence-corrected chi connectivity index (χ2v) is 8.83. The minimum Gasteiger partial charge on any atom is -0.497 e. The molecule has 0 saturated heterocycles. The molecule has 0 unspecified atom stereocenters. The molecule has 8 nitrogen and oxygen atoms in total. The van der Waals surface area contributed by atoms with E-state index < -0.39 is 5.91 Å². The zero-order valence-electron chi connectivity index (χ0n) is 18.8. The number of ether oxygens (including phenoxy) is 1. The summed E-state index contributed by atoms with van der Waals surface area (Å²) < 4.78 is 10.5. The van der Waals surface area contributed by atoms with E-state index in [9.17, 15) is 9.59 Å². The van der Waals surface area contributed by atoms with E-state index in [1.165, 1.54) is 11.3 Å². The standard InChI is InChI=1S/C25H24N4O4S/c1-15-21(16-7-4-3-5-8-16)22(23(26)31)25(34-15)27-19(30)9-6-10-20-28-24(29-33-20)17-11-13-18(32-2)14-12-17/h3-5,7-8,11-14H,6,9-10H2,1-2H3,(H2,26,31)(H,27,30). The molecule has 0 aliphatic carbocycles.